The van der Waals surface area contributed by atoms with Crippen molar-refractivity contribution in [3.63, 3.8) is 0 Å². The van der Waals surface area contributed by atoms with E-state index in [1.54, 1.807) is 41.5 Å². The number of aromatic nitrogens is 2. The molecule has 1 N–H and O–H groups in total. The minimum atomic E-state index is -0.176. The van der Waals surface area contributed by atoms with Crippen molar-refractivity contribution < 1.29 is 4.79 Å². The lowest BCUT2D eigenvalue weighted by atomic mass is 10.2. The molecule has 0 saturated carbocycles. The molecule has 0 aliphatic carbocycles. The fourth-order valence-electron chi connectivity index (χ4n) is 2.61. The Kier molecular flexibility index (Phi) is 5.65. The molecule has 3 rings (SSSR count). The van der Waals surface area contributed by atoms with Gasteiger partial charge in [0, 0.05) is 18.3 Å². The summed E-state index contributed by atoms with van der Waals surface area (Å²) in [5.74, 6) is 0.549. The minimum Gasteiger partial charge on any atom is -0.338 e. The van der Waals surface area contributed by atoms with Gasteiger partial charge in [-0.15, -0.1) is 11.3 Å². The molecule has 0 bridgehead atoms. The molecule has 0 atom stereocenters. The van der Waals surface area contributed by atoms with E-state index in [0.717, 1.165) is 16.6 Å². The van der Waals surface area contributed by atoms with E-state index in [-0.39, 0.29) is 11.5 Å². The average molecular weight is 420 g/mol. The minimum absolute atomic E-state index is 0.0476. The van der Waals surface area contributed by atoms with Crippen LogP contribution in [0.5, 0.6) is 0 Å². The number of hydrogen-bond donors (Lipinski definition) is 1. The molecule has 2 aromatic heterocycles. The van der Waals surface area contributed by atoms with Crippen molar-refractivity contribution in [3.8, 4) is 0 Å². The van der Waals surface area contributed by atoms with Crippen molar-refractivity contribution in [1.82, 2.24) is 14.9 Å². The van der Waals surface area contributed by atoms with Gasteiger partial charge in [-0.25, -0.2) is 4.98 Å². The maximum Gasteiger partial charge on any atom is 0.258 e. The van der Waals surface area contributed by atoms with E-state index in [1.165, 1.54) is 4.88 Å². The van der Waals surface area contributed by atoms with Gasteiger partial charge in [0.1, 0.15) is 5.82 Å². The highest BCUT2D eigenvalue weighted by molar-refractivity contribution is 9.11. The first-order valence-electron chi connectivity index (χ1n) is 7.99. The summed E-state index contributed by atoms with van der Waals surface area (Å²) in [6, 6.07) is 11.3. The largest absolute Gasteiger partial charge is 0.338 e. The third-order valence-electron chi connectivity index (χ3n) is 3.92. The summed E-state index contributed by atoms with van der Waals surface area (Å²) in [7, 11) is 1.74. The number of amides is 1. The maximum atomic E-state index is 12.3. The Labute approximate surface area is 157 Å². The van der Waals surface area contributed by atoms with Crippen LogP contribution in [0.2, 0.25) is 0 Å². The van der Waals surface area contributed by atoms with E-state index in [2.05, 4.69) is 32.0 Å². The van der Waals surface area contributed by atoms with Crippen molar-refractivity contribution in [2.24, 2.45) is 0 Å². The first kappa shape index (κ1) is 17.8. The van der Waals surface area contributed by atoms with Crippen molar-refractivity contribution in [1.29, 1.82) is 0 Å². The molecule has 2 heterocycles. The number of fused-ring (bicyclic) bond motifs is 1. The first-order valence-corrected chi connectivity index (χ1v) is 9.60. The monoisotopic (exact) mass is 419 g/mol. The molecule has 0 aliphatic rings. The number of hydrogen-bond acceptors (Lipinski definition) is 4. The Bertz CT molecular complexity index is 951. The molecule has 0 unspecified atom stereocenters. The number of carbonyl (C=O) groups is 1. The van der Waals surface area contributed by atoms with Crippen LogP contribution in [0.1, 0.15) is 23.5 Å². The third-order valence-corrected chi connectivity index (χ3v) is 5.60. The van der Waals surface area contributed by atoms with E-state index < -0.39 is 0 Å². The van der Waals surface area contributed by atoms with Crippen LogP contribution in [0.3, 0.4) is 0 Å². The second kappa shape index (κ2) is 7.93. The van der Waals surface area contributed by atoms with Crippen LogP contribution in [-0.2, 0) is 17.8 Å². The Morgan fingerprint density at radius 2 is 2.08 bits per heavy atom. The summed E-state index contributed by atoms with van der Waals surface area (Å²) in [6.07, 6.45) is 2.17. The van der Waals surface area contributed by atoms with E-state index >= 15 is 0 Å². The number of halogens is 1. The van der Waals surface area contributed by atoms with E-state index in [0.29, 0.717) is 29.7 Å². The van der Waals surface area contributed by atoms with Gasteiger partial charge in [-0.2, -0.15) is 0 Å². The van der Waals surface area contributed by atoms with Gasteiger partial charge in [-0.1, -0.05) is 12.1 Å². The van der Waals surface area contributed by atoms with Gasteiger partial charge in [-0.3, -0.25) is 9.59 Å². The number of para-hydroxylation sites is 1. The number of aryl methyl sites for hydroxylation is 1. The highest BCUT2D eigenvalue weighted by Crippen LogP contribution is 2.23. The van der Waals surface area contributed by atoms with Crippen molar-refractivity contribution in [2.45, 2.75) is 25.8 Å². The first-order chi connectivity index (χ1) is 12.0. The zero-order valence-corrected chi connectivity index (χ0v) is 16.2. The molecular formula is C18H18BrN3O2S. The highest BCUT2D eigenvalue weighted by atomic mass is 79.9. The SMILES string of the molecule is CN(Cc1nc2ccccc2c(=O)[nH]1)C(=O)CCCc1ccc(Br)s1. The maximum absolute atomic E-state index is 12.3. The van der Waals surface area contributed by atoms with Gasteiger partial charge in [-0.05, 0) is 53.0 Å². The number of benzene rings is 1. The van der Waals surface area contributed by atoms with Crippen molar-refractivity contribution in [2.75, 3.05) is 7.05 Å². The lowest BCUT2D eigenvalue weighted by molar-refractivity contribution is -0.130. The van der Waals surface area contributed by atoms with Gasteiger partial charge < -0.3 is 9.88 Å². The normalized spacial score (nSPS) is 11.0. The van der Waals surface area contributed by atoms with Crippen LogP contribution in [0, 0.1) is 0 Å². The smallest absolute Gasteiger partial charge is 0.258 e. The highest BCUT2D eigenvalue weighted by Gasteiger charge is 2.12. The Morgan fingerprint density at radius 3 is 2.84 bits per heavy atom. The number of nitrogens with zero attached hydrogens (tertiary/aromatic N) is 2. The molecule has 0 radical (unpaired) electrons. The Balaban J connectivity index is 1.58. The summed E-state index contributed by atoms with van der Waals surface area (Å²) in [6.45, 7) is 0.295. The number of carbonyl (C=O) groups excluding carboxylic acids is 1. The molecule has 1 amide bonds. The van der Waals surface area contributed by atoms with E-state index in [4.69, 9.17) is 0 Å². The number of rotatable bonds is 6. The van der Waals surface area contributed by atoms with Crippen LogP contribution in [0.4, 0.5) is 0 Å². The predicted octanol–water partition coefficient (Wildman–Crippen LogP) is 3.73. The fourth-order valence-corrected chi connectivity index (χ4v) is 4.14. The zero-order chi connectivity index (χ0) is 17.8. The molecule has 3 aromatic rings. The van der Waals surface area contributed by atoms with Crippen LogP contribution in [-0.4, -0.2) is 27.8 Å². The molecule has 130 valence electrons. The van der Waals surface area contributed by atoms with E-state index in [9.17, 15) is 9.59 Å². The number of nitrogens with one attached hydrogen (secondary N) is 1. The third kappa shape index (κ3) is 4.55. The van der Waals surface area contributed by atoms with Crippen LogP contribution in [0.25, 0.3) is 10.9 Å². The quantitative estimate of drug-likeness (QED) is 0.661. The Hall–Kier alpha value is -1.99. The van der Waals surface area contributed by atoms with E-state index in [1.807, 2.05) is 12.1 Å². The molecule has 25 heavy (non-hydrogen) atoms. The lowest BCUT2D eigenvalue weighted by Gasteiger charge is -2.16. The van der Waals surface area contributed by atoms with Crippen molar-refractivity contribution >= 4 is 44.1 Å². The summed E-state index contributed by atoms with van der Waals surface area (Å²) in [5.41, 5.74) is 0.468. The van der Waals surface area contributed by atoms with Crippen LogP contribution < -0.4 is 5.56 Å². The van der Waals surface area contributed by atoms with Gasteiger partial charge in [0.05, 0.1) is 21.2 Å². The zero-order valence-electron chi connectivity index (χ0n) is 13.8. The summed E-state index contributed by atoms with van der Waals surface area (Å²) in [5, 5.41) is 0.558. The second-order valence-electron chi connectivity index (χ2n) is 5.84. The molecule has 7 heteroatoms. The van der Waals surface area contributed by atoms with Gasteiger partial charge in [0.15, 0.2) is 0 Å². The standard InChI is InChI=1S/C18H18BrN3O2S/c1-22(17(23)8-4-5-12-9-10-15(19)25-12)11-16-20-14-7-3-2-6-13(14)18(24)21-16/h2-3,6-7,9-10H,4-5,8,11H2,1H3,(H,20,21,24). The molecule has 0 fully saturated rings. The summed E-state index contributed by atoms with van der Waals surface area (Å²) < 4.78 is 1.11. The van der Waals surface area contributed by atoms with Crippen LogP contribution >= 0.6 is 27.3 Å². The molecule has 5 nitrogen and oxygen atoms in total. The van der Waals surface area contributed by atoms with Gasteiger partial charge in [0.2, 0.25) is 5.91 Å². The van der Waals surface area contributed by atoms with Gasteiger partial charge >= 0.3 is 0 Å². The number of thiophene rings is 1. The summed E-state index contributed by atoms with van der Waals surface area (Å²) in [4.78, 5) is 34.4. The lowest BCUT2D eigenvalue weighted by Crippen LogP contribution is -2.28. The number of H-pyrrole nitrogens is 1. The average Bonchev–Trinajstić information content (AvgIpc) is 3.00. The fraction of sp³-hybridized carbons (Fsp3) is 0.278. The molecule has 0 spiro atoms. The topological polar surface area (TPSA) is 66.1 Å². The predicted molar refractivity (Wildman–Crippen MR) is 104 cm³/mol. The molecule has 0 saturated heterocycles. The van der Waals surface area contributed by atoms with Crippen LogP contribution in [0.15, 0.2) is 45.0 Å². The summed E-state index contributed by atoms with van der Waals surface area (Å²) >= 11 is 5.14. The Morgan fingerprint density at radius 1 is 1.28 bits per heavy atom. The second-order valence-corrected chi connectivity index (χ2v) is 8.39. The van der Waals surface area contributed by atoms with Crippen molar-refractivity contribution in [3.05, 3.63) is 61.2 Å². The molecule has 0 aliphatic heterocycles. The molecular weight excluding hydrogens is 402 g/mol. The molecule has 1 aromatic carbocycles. The number of aromatic amines is 1. The van der Waals surface area contributed by atoms with Gasteiger partial charge in [0.25, 0.3) is 5.56 Å².